The van der Waals surface area contributed by atoms with Gasteiger partial charge in [-0.25, -0.2) is 13.2 Å². The van der Waals surface area contributed by atoms with E-state index >= 15 is 0 Å². The van der Waals surface area contributed by atoms with Crippen molar-refractivity contribution in [1.29, 1.82) is 0 Å². The van der Waals surface area contributed by atoms with Gasteiger partial charge in [-0.05, 0) is 43.7 Å². The third kappa shape index (κ3) is 2.56. The third-order valence-electron chi connectivity index (χ3n) is 3.53. The summed E-state index contributed by atoms with van der Waals surface area (Å²) in [5, 5.41) is 2.94. The van der Waals surface area contributed by atoms with E-state index in [0.29, 0.717) is 0 Å². The van der Waals surface area contributed by atoms with Gasteiger partial charge in [-0.1, -0.05) is 24.3 Å². The van der Waals surface area contributed by atoms with Crippen molar-refractivity contribution in [2.24, 2.45) is 0 Å². The Balaban J connectivity index is 2.52. The van der Waals surface area contributed by atoms with Crippen LogP contribution in [0.3, 0.4) is 0 Å². The predicted octanol–water partition coefficient (Wildman–Crippen LogP) is 4.03. The molecule has 0 aliphatic heterocycles. The number of hydrogen-bond donors (Lipinski definition) is 1. The lowest BCUT2D eigenvalue weighted by atomic mass is 9.95. The zero-order chi connectivity index (χ0) is 14.9. The van der Waals surface area contributed by atoms with Crippen molar-refractivity contribution in [3.05, 3.63) is 70.0 Å². The number of benzene rings is 2. The second-order valence-corrected chi connectivity index (χ2v) is 4.83. The Morgan fingerprint density at radius 3 is 2.20 bits per heavy atom. The van der Waals surface area contributed by atoms with Gasteiger partial charge >= 0.3 is 0 Å². The first-order chi connectivity index (χ1) is 9.45. The van der Waals surface area contributed by atoms with Gasteiger partial charge < -0.3 is 5.32 Å². The molecule has 0 saturated carbocycles. The third-order valence-corrected chi connectivity index (χ3v) is 3.53. The first kappa shape index (κ1) is 14.6. The molecule has 0 aliphatic rings. The molecule has 0 spiro atoms. The molecule has 0 aromatic heterocycles. The maximum absolute atomic E-state index is 13.9. The Morgan fingerprint density at radius 2 is 1.60 bits per heavy atom. The van der Waals surface area contributed by atoms with E-state index < -0.39 is 23.5 Å². The topological polar surface area (TPSA) is 12.0 Å². The van der Waals surface area contributed by atoms with Crippen molar-refractivity contribution in [2.75, 3.05) is 7.05 Å². The fourth-order valence-electron chi connectivity index (χ4n) is 2.21. The smallest absolute Gasteiger partial charge is 0.194 e. The molecule has 20 heavy (non-hydrogen) atoms. The fraction of sp³-hybridized carbons (Fsp3) is 0.250. The number of aryl methyl sites for hydroxylation is 2. The second-order valence-electron chi connectivity index (χ2n) is 4.83. The first-order valence-corrected chi connectivity index (χ1v) is 6.33. The minimum atomic E-state index is -1.44. The van der Waals surface area contributed by atoms with E-state index in [4.69, 9.17) is 0 Å². The average molecular weight is 279 g/mol. The molecule has 1 nitrogen and oxygen atoms in total. The molecule has 0 amide bonds. The monoisotopic (exact) mass is 279 g/mol. The van der Waals surface area contributed by atoms with Gasteiger partial charge in [0.15, 0.2) is 17.5 Å². The van der Waals surface area contributed by atoms with Crippen molar-refractivity contribution in [2.45, 2.75) is 19.9 Å². The van der Waals surface area contributed by atoms with Crippen LogP contribution in [0.5, 0.6) is 0 Å². The summed E-state index contributed by atoms with van der Waals surface area (Å²) in [6, 6.07) is 7.38. The van der Waals surface area contributed by atoms with Crippen molar-refractivity contribution >= 4 is 0 Å². The van der Waals surface area contributed by atoms with Crippen LogP contribution in [0, 0.1) is 31.3 Å². The van der Waals surface area contributed by atoms with Gasteiger partial charge in [0.25, 0.3) is 0 Å². The van der Waals surface area contributed by atoms with Crippen LogP contribution in [0.25, 0.3) is 0 Å². The van der Waals surface area contributed by atoms with Gasteiger partial charge in [-0.15, -0.1) is 0 Å². The van der Waals surface area contributed by atoms with Gasteiger partial charge in [0.1, 0.15) is 0 Å². The molecule has 1 unspecified atom stereocenters. The molecule has 4 heteroatoms. The Labute approximate surface area is 116 Å². The van der Waals surface area contributed by atoms with E-state index in [1.54, 1.807) is 7.05 Å². The molecule has 0 radical (unpaired) electrons. The summed E-state index contributed by atoms with van der Waals surface area (Å²) in [4.78, 5) is 0. The maximum Gasteiger partial charge on any atom is 0.194 e. The molecule has 0 bridgehead atoms. The van der Waals surface area contributed by atoms with E-state index in [1.807, 2.05) is 32.0 Å². The molecule has 106 valence electrons. The van der Waals surface area contributed by atoms with E-state index in [0.717, 1.165) is 22.8 Å². The Bertz CT molecular complexity index is 638. The minimum absolute atomic E-state index is 0.0923. The molecule has 2 aromatic rings. The summed E-state index contributed by atoms with van der Waals surface area (Å²) >= 11 is 0. The zero-order valence-corrected chi connectivity index (χ0v) is 11.6. The molecule has 2 aromatic carbocycles. The Hall–Kier alpha value is -1.81. The number of hydrogen-bond acceptors (Lipinski definition) is 1. The normalized spacial score (nSPS) is 12.5. The summed E-state index contributed by atoms with van der Waals surface area (Å²) in [5.74, 6) is -3.77. The van der Waals surface area contributed by atoms with Gasteiger partial charge in [-0.2, -0.15) is 0 Å². The lowest BCUT2D eigenvalue weighted by Crippen LogP contribution is -2.20. The molecule has 0 saturated heterocycles. The molecule has 0 heterocycles. The average Bonchev–Trinajstić information content (AvgIpc) is 2.43. The number of halogens is 3. The molecular weight excluding hydrogens is 263 g/mol. The first-order valence-electron chi connectivity index (χ1n) is 6.33. The maximum atomic E-state index is 13.9. The summed E-state index contributed by atoms with van der Waals surface area (Å²) < 4.78 is 40.3. The van der Waals surface area contributed by atoms with Crippen LogP contribution in [-0.2, 0) is 0 Å². The van der Waals surface area contributed by atoms with Crippen LogP contribution in [0.4, 0.5) is 13.2 Å². The largest absolute Gasteiger partial charge is 0.309 e. The molecule has 1 atom stereocenters. The number of nitrogens with one attached hydrogen (secondary N) is 1. The summed E-state index contributed by atoms with van der Waals surface area (Å²) in [7, 11) is 1.65. The van der Waals surface area contributed by atoms with E-state index in [-0.39, 0.29) is 5.56 Å². The zero-order valence-electron chi connectivity index (χ0n) is 11.6. The van der Waals surface area contributed by atoms with E-state index in [9.17, 15) is 13.2 Å². The highest BCUT2D eigenvalue weighted by atomic mass is 19.2. The number of rotatable bonds is 3. The highest BCUT2D eigenvalue weighted by molar-refractivity contribution is 5.38. The fourth-order valence-corrected chi connectivity index (χ4v) is 2.21. The van der Waals surface area contributed by atoms with Crippen molar-refractivity contribution in [1.82, 2.24) is 5.32 Å². The van der Waals surface area contributed by atoms with Crippen LogP contribution in [0.1, 0.15) is 28.3 Å². The van der Waals surface area contributed by atoms with Gasteiger partial charge in [-0.3, -0.25) is 0 Å². The van der Waals surface area contributed by atoms with Crippen LogP contribution in [0.2, 0.25) is 0 Å². The van der Waals surface area contributed by atoms with Crippen molar-refractivity contribution < 1.29 is 13.2 Å². The molecule has 0 aliphatic carbocycles. The van der Waals surface area contributed by atoms with Crippen molar-refractivity contribution in [3.63, 3.8) is 0 Å². The highest BCUT2D eigenvalue weighted by Gasteiger charge is 2.21. The SMILES string of the molecule is CNC(c1ccc(C)c(C)c1)c1ccc(F)c(F)c1F. The molecule has 1 N–H and O–H groups in total. The summed E-state index contributed by atoms with van der Waals surface area (Å²) in [6.45, 7) is 3.93. The minimum Gasteiger partial charge on any atom is -0.309 e. The lowest BCUT2D eigenvalue weighted by molar-refractivity contribution is 0.435. The quantitative estimate of drug-likeness (QED) is 0.836. The highest BCUT2D eigenvalue weighted by Crippen LogP contribution is 2.27. The van der Waals surface area contributed by atoms with Crippen LogP contribution < -0.4 is 5.32 Å². The summed E-state index contributed by atoms with van der Waals surface area (Å²) in [6.07, 6.45) is 0. The molecule has 0 fully saturated rings. The van der Waals surface area contributed by atoms with Crippen LogP contribution in [0.15, 0.2) is 30.3 Å². The van der Waals surface area contributed by atoms with E-state index in [2.05, 4.69) is 5.32 Å². The Kier molecular flexibility index (Phi) is 4.14. The van der Waals surface area contributed by atoms with Crippen LogP contribution >= 0.6 is 0 Å². The van der Waals surface area contributed by atoms with E-state index in [1.165, 1.54) is 6.07 Å². The van der Waals surface area contributed by atoms with Gasteiger partial charge in [0.05, 0.1) is 6.04 Å². The van der Waals surface area contributed by atoms with Gasteiger partial charge in [0, 0.05) is 5.56 Å². The van der Waals surface area contributed by atoms with Crippen molar-refractivity contribution in [3.8, 4) is 0 Å². The molecule has 2 rings (SSSR count). The predicted molar refractivity (Wildman–Crippen MR) is 73.1 cm³/mol. The summed E-state index contributed by atoms with van der Waals surface area (Å²) in [5.41, 5.74) is 3.08. The lowest BCUT2D eigenvalue weighted by Gasteiger charge is -2.19. The molecular formula is C16H16F3N. The second kappa shape index (κ2) is 5.67. The standard InChI is InChI=1S/C16H16F3N/c1-9-4-5-11(8-10(9)2)16(20-3)12-6-7-13(17)15(19)14(12)18/h4-8,16,20H,1-3H3. The van der Waals surface area contributed by atoms with Gasteiger partial charge in [0.2, 0.25) is 0 Å². The Morgan fingerprint density at radius 1 is 0.900 bits per heavy atom. The van der Waals surface area contributed by atoms with Crippen LogP contribution in [-0.4, -0.2) is 7.05 Å².